The molecular weight excluding hydrogens is 358 g/mol. The zero-order valence-corrected chi connectivity index (χ0v) is 16.6. The number of carbonyl (C=O) groups is 1. The number of hydrogen-bond donors (Lipinski definition) is 1. The quantitative estimate of drug-likeness (QED) is 0.819. The van der Waals surface area contributed by atoms with Gasteiger partial charge in [0.05, 0.1) is 13.7 Å². The molecule has 0 radical (unpaired) electrons. The summed E-state index contributed by atoms with van der Waals surface area (Å²) in [4.78, 5) is 24.9. The van der Waals surface area contributed by atoms with Gasteiger partial charge in [0.25, 0.3) is 0 Å². The van der Waals surface area contributed by atoms with Crippen molar-refractivity contribution in [2.45, 2.75) is 20.4 Å². The van der Waals surface area contributed by atoms with E-state index >= 15 is 0 Å². The number of nitrogens with one attached hydrogen (secondary N) is 1. The van der Waals surface area contributed by atoms with Gasteiger partial charge in [-0.2, -0.15) is 4.98 Å². The van der Waals surface area contributed by atoms with Crippen molar-refractivity contribution in [1.29, 1.82) is 0 Å². The predicted molar refractivity (Wildman–Crippen MR) is 108 cm³/mol. The van der Waals surface area contributed by atoms with E-state index in [-0.39, 0.29) is 6.09 Å². The molecule has 1 aromatic carbocycles. The SMILES string of the molecule is CCOC(=O)N1CCN(c2cc(C)nc(NCc3ccc(OC)cc3)n2)CC1. The van der Waals surface area contributed by atoms with Crippen molar-refractivity contribution in [1.82, 2.24) is 14.9 Å². The first-order valence-corrected chi connectivity index (χ1v) is 9.48. The van der Waals surface area contributed by atoms with Crippen LogP contribution in [0, 0.1) is 6.92 Å². The second-order valence-corrected chi connectivity index (χ2v) is 6.57. The number of methoxy groups -OCH3 is 1. The van der Waals surface area contributed by atoms with Gasteiger partial charge in [-0.1, -0.05) is 12.1 Å². The molecule has 1 amide bonds. The van der Waals surface area contributed by atoms with E-state index in [0.717, 1.165) is 22.8 Å². The highest BCUT2D eigenvalue weighted by Gasteiger charge is 2.23. The van der Waals surface area contributed by atoms with Crippen molar-refractivity contribution in [3.05, 3.63) is 41.6 Å². The van der Waals surface area contributed by atoms with Gasteiger partial charge < -0.3 is 24.6 Å². The number of nitrogens with zero attached hydrogens (tertiary/aromatic N) is 4. The lowest BCUT2D eigenvalue weighted by molar-refractivity contribution is 0.105. The number of carbonyl (C=O) groups excluding carboxylic acids is 1. The molecule has 1 aromatic heterocycles. The number of benzene rings is 1. The maximum absolute atomic E-state index is 11.9. The number of amides is 1. The number of aromatic nitrogens is 2. The van der Waals surface area contributed by atoms with Crippen LogP contribution in [0.25, 0.3) is 0 Å². The van der Waals surface area contributed by atoms with Gasteiger partial charge in [0.15, 0.2) is 0 Å². The fourth-order valence-electron chi connectivity index (χ4n) is 3.05. The first-order valence-electron chi connectivity index (χ1n) is 9.48. The lowest BCUT2D eigenvalue weighted by Crippen LogP contribution is -2.49. The van der Waals surface area contributed by atoms with Gasteiger partial charge in [-0.15, -0.1) is 0 Å². The van der Waals surface area contributed by atoms with Crippen molar-refractivity contribution in [3.63, 3.8) is 0 Å². The average Bonchev–Trinajstić information content (AvgIpc) is 2.72. The van der Waals surface area contributed by atoms with Crippen molar-refractivity contribution in [2.75, 3.05) is 50.1 Å². The Kier molecular flexibility index (Phi) is 6.52. The first-order chi connectivity index (χ1) is 13.6. The minimum Gasteiger partial charge on any atom is -0.497 e. The summed E-state index contributed by atoms with van der Waals surface area (Å²) in [6.45, 7) is 7.47. The fraction of sp³-hybridized carbons (Fsp3) is 0.450. The molecule has 8 nitrogen and oxygen atoms in total. The van der Waals surface area contributed by atoms with Crippen LogP contribution >= 0.6 is 0 Å². The predicted octanol–water partition coefficient (Wildman–Crippen LogP) is 2.68. The number of hydrogen-bond acceptors (Lipinski definition) is 7. The van der Waals surface area contributed by atoms with Gasteiger partial charge in [0.1, 0.15) is 11.6 Å². The Balaban J connectivity index is 1.61. The Morgan fingerprint density at radius 2 is 1.86 bits per heavy atom. The topological polar surface area (TPSA) is 79.8 Å². The van der Waals surface area contributed by atoms with Gasteiger partial charge in [-0.25, -0.2) is 9.78 Å². The van der Waals surface area contributed by atoms with Gasteiger partial charge in [0, 0.05) is 44.5 Å². The van der Waals surface area contributed by atoms with Crippen LogP contribution in [-0.2, 0) is 11.3 Å². The summed E-state index contributed by atoms with van der Waals surface area (Å²) < 4.78 is 10.3. The van der Waals surface area contributed by atoms with E-state index in [4.69, 9.17) is 9.47 Å². The van der Waals surface area contributed by atoms with Crippen LogP contribution in [0.5, 0.6) is 5.75 Å². The zero-order chi connectivity index (χ0) is 19.9. The minimum absolute atomic E-state index is 0.247. The minimum atomic E-state index is -0.247. The first kappa shape index (κ1) is 19.7. The highest BCUT2D eigenvalue weighted by molar-refractivity contribution is 5.68. The van der Waals surface area contributed by atoms with E-state index < -0.39 is 0 Å². The summed E-state index contributed by atoms with van der Waals surface area (Å²) in [7, 11) is 1.65. The Bertz CT molecular complexity index is 789. The fourth-order valence-corrected chi connectivity index (χ4v) is 3.05. The Hall–Kier alpha value is -3.03. The number of rotatable bonds is 6. The Morgan fingerprint density at radius 3 is 2.50 bits per heavy atom. The second kappa shape index (κ2) is 9.25. The molecule has 1 aliphatic rings. The summed E-state index contributed by atoms with van der Waals surface area (Å²) in [5.41, 5.74) is 2.02. The number of anilines is 2. The van der Waals surface area contributed by atoms with E-state index in [9.17, 15) is 4.79 Å². The summed E-state index contributed by atoms with van der Waals surface area (Å²) >= 11 is 0. The lowest BCUT2D eigenvalue weighted by Gasteiger charge is -2.34. The maximum Gasteiger partial charge on any atom is 0.409 e. The van der Waals surface area contributed by atoms with E-state index in [1.807, 2.05) is 44.2 Å². The Labute approximate surface area is 165 Å². The largest absolute Gasteiger partial charge is 0.497 e. The molecule has 0 aliphatic carbocycles. The third-order valence-corrected chi connectivity index (χ3v) is 4.58. The molecule has 0 unspecified atom stereocenters. The number of aryl methyl sites for hydroxylation is 1. The third kappa shape index (κ3) is 5.03. The highest BCUT2D eigenvalue weighted by atomic mass is 16.6. The second-order valence-electron chi connectivity index (χ2n) is 6.57. The summed E-state index contributed by atoms with van der Waals surface area (Å²) in [6.07, 6.45) is -0.247. The summed E-state index contributed by atoms with van der Waals surface area (Å²) in [5.74, 6) is 2.30. The normalized spacial score (nSPS) is 14.0. The molecule has 3 rings (SSSR count). The molecule has 1 fully saturated rings. The van der Waals surface area contributed by atoms with Gasteiger partial charge in [0.2, 0.25) is 5.95 Å². The van der Waals surface area contributed by atoms with E-state index in [0.29, 0.717) is 45.3 Å². The molecule has 0 atom stereocenters. The summed E-state index contributed by atoms with van der Waals surface area (Å²) in [5, 5.41) is 3.29. The number of ether oxygens (including phenoxy) is 2. The average molecular weight is 385 g/mol. The van der Waals surface area contributed by atoms with Gasteiger partial charge in [-0.3, -0.25) is 0 Å². The standard InChI is InChI=1S/C20H27N5O3/c1-4-28-20(26)25-11-9-24(10-12-25)18-13-15(2)22-19(23-18)21-14-16-5-7-17(27-3)8-6-16/h5-8,13H,4,9-12,14H2,1-3H3,(H,21,22,23). The van der Waals surface area contributed by atoms with Crippen LogP contribution in [0.2, 0.25) is 0 Å². The van der Waals surface area contributed by atoms with Crippen LogP contribution in [0.1, 0.15) is 18.2 Å². The molecule has 1 N–H and O–H groups in total. The third-order valence-electron chi connectivity index (χ3n) is 4.58. The molecule has 1 aliphatic heterocycles. The van der Waals surface area contributed by atoms with Crippen molar-refractivity contribution < 1.29 is 14.3 Å². The van der Waals surface area contributed by atoms with Crippen LogP contribution in [0.4, 0.5) is 16.6 Å². The maximum atomic E-state index is 11.9. The van der Waals surface area contributed by atoms with Crippen molar-refractivity contribution >= 4 is 17.9 Å². The smallest absolute Gasteiger partial charge is 0.409 e. The van der Waals surface area contributed by atoms with E-state index in [2.05, 4.69) is 20.2 Å². The molecule has 0 bridgehead atoms. The molecule has 2 aromatic rings. The van der Waals surface area contributed by atoms with Crippen LogP contribution in [0.3, 0.4) is 0 Å². The Morgan fingerprint density at radius 1 is 1.14 bits per heavy atom. The molecular formula is C20H27N5O3. The van der Waals surface area contributed by atoms with Gasteiger partial charge >= 0.3 is 6.09 Å². The molecule has 2 heterocycles. The van der Waals surface area contributed by atoms with E-state index in [1.54, 1.807) is 12.0 Å². The van der Waals surface area contributed by atoms with E-state index in [1.165, 1.54) is 0 Å². The van der Waals surface area contributed by atoms with Crippen LogP contribution in [-0.4, -0.2) is 60.9 Å². The summed E-state index contributed by atoms with van der Waals surface area (Å²) in [6, 6.07) is 9.86. The van der Waals surface area contributed by atoms with Crippen molar-refractivity contribution in [3.8, 4) is 5.75 Å². The molecule has 0 spiro atoms. The van der Waals surface area contributed by atoms with Gasteiger partial charge in [-0.05, 0) is 31.5 Å². The molecule has 28 heavy (non-hydrogen) atoms. The molecule has 0 saturated carbocycles. The molecule has 150 valence electrons. The molecule has 8 heteroatoms. The van der Waals surface area contributed by atoms with Crippen LogP contribution in [0.15, 0.2) is 30.3 Å². The highest BCUT2D eigenvalue weighted by Crippen LogP contribution is 2.18. The van der Waals surface area contributed by atoms with Crippen LogP contribution < -0.4 is 15.0 Å². The molecule has 1 saturated heterocycles. The number of piperazine rings is 1. The van der Waals surface area contributed by atoms with Crippen molar-refractivity contribution in [2.24, 2.45) is 0 Å². The zero-order valence-electron chi connectivity index (χ0n) is 16.6. The lowest BCUT2D eigenvalue weighted by atomic mass is 10.2. The monoisotopic (exact) mass is 385 g/mol.